The van der Waals surface area contributed by atoms with Crippen molar-refractivity contribution in [2.75, 3.05) is 26.4 Å². The van der Waals surface area contributed by atoms with Crippen LogP contribution in [0.4, 0.5) is 0 Å². The molecule has 4 aliphatic rings. The van der Waals surface area contributed by atoms with E-state index in [9.17, 15) is 71.2 Å². The molecule has 20 atom stereocenters. The fourth-order valence-electron chi connectivity index (χ4n) is 5.86. The molecule has 0 aliphatic carbocycles. The van der Waals surface area contributed by atoms with Crippen molar-refractivity contribution in [1.29, 1.82) is 0 Å². The molecular formula is C26H45NO21. The SMILES string of the molecule is CC(=O)N[C@H]1C(O)O[C@H](CO[C@@H]2O[C@H](CO)[C@H](O)[C@H](O[C@@H]3O[C@H](CO)[C@H](O)[C@H](O)[C@H]3O)[C@H]2O)[C@@H](O[C@@H]2O[C@@H]([C@H](O)CO)[C@H](O)[C@H]2O)[C@@H]1O. The van der Waals surface area contributed by atoms with Crippen LogP contribution in [0.3, 0.4) is 0 Å². The van der Waals surface area contributed by atoms with E-state index in [1.54, 1.807) is 0 Å². The van der Waals surface area contributed by atoms with Gasteiger partial charge in [0.25, 0.3) is 0 Å². The topological polar surface area (TPSA) is 357 Å². The maximum atomic E-state index is 11.7. The molecule has 48 heavy (non-hydrogen) atoms. The molecule has 4 heterocycles. The second-order valence-corrected chi connectivity index (χ2v) is 11.9. The largest absolute Gasteiger partial charge is 0.394 e. The highest BCUT2D eigenvalue weighted by molar-refractivity contribution is 5.73. The van der Waals surface area contributed by atoms with Crippen LogP contribution in [0.15, 0.2) is 0 Å². The zero-order chi connectivity index (χ0) is 35.6. The number of nitrogens with one attached hydrogen (secondary N) is 1. The Bertz CT molecular complexity index is 1030. The van der Waals surface area contributed by atoms with Gasteiger partial charge in [-0.05, 0) is 0 Å². The van der Waals surface area contributed by atoms with E-state index >= 15 is 0 Å². The van der Waals surface area contributed by atoms with Crippen LogP contribution in [-0.2, 0) is 38.0 Å². The summed E-state index contributed by atoms with van der Waals surface area (Å²) >= 11 is 0. The lowest BCUT2D eigenvalue weighted by molar-refractivity contribution is -0.365. The number of hydrogen-bond acceptors (Lipinski definition) is 21. The molecule has 0 aromatic carbocycles. The van der Waals surface area contributed by atoms with Gasteiger partial charge in [0.2, 0.25) is 5.91 Å². The first-order chi connectivity index (χ1) is 22.6. The van der Waals surface area contributed by atoms with Crippen LogP contribution in [-0.4, -0.2) is 221 Å². The monoisotopic (exact) mass is 707 g/mol. The third kappa shape index (κ3) is 8.24. The molecule has 22 nitrogen and oxygen atoms in total. The number of amides is 1. The lowest BCUT2D eigenvalue weighted by atomic mass is 9.96. The highest BCUT2D eigenvalue weighted by Gasteiger charge is 2.54. The molecule has 280 valence electrons. The van der Waals surface area contributed by atoms with Crippen molar-refractivity contribution in [3.63, 3.8) is 0 Å². The minimum atomic E-state index is -1.95. The van der Waals surface area contributed by atoms with Crippen LogP contribution in [0.1, 0.15) is 6.92 Å². The van der Waals surface area contributed by atoms with Gasteiger partial charge in [0.1, 0.15) is 97.6 Å². The second kappa shape index (κ2) is 16.8. The van der Waals surface area contributed by atoms with Crippen LogP contribution >= 0.6 is 0 Å². The highest BCUT2D eigenvalue weighted by atomic mass is 16.8. The van der Waals surface area contributed by atoms with Gasteiger partial charge >= 0.3 is 0 Å². The summed E-state index contributed by atoms with van der Waals surface area (Å²) in [5, 5.41) is 135. The first kappa shape index (κ1) is 39.5. The molecule has 22 heteroatoms. The van der Waals surface area contributed by atoms with Gasteiger partial charge in [-0.25, -0.2) is 0 Å². The Balaban J connectivity index is 1.51. The van der Waals surface area contributed by atoms with E-state index < -0.39 is 155 Å². The highest BCUT2D eigenvalue weighted by Crippen LogP contribution is 2.33. The lowest BCUT2D eigenvalue weighted by Crippen LogP contribution is -2.66. The third-order valence-corrected chi connectivity index (χ3v) is 8.56. The van der Waals surface area contributed by atoms with E-state index in [1.165, 1.54) is 0 Å². The van der Waals surface area contributed by atoms with Crippen molar-refractivity contribution in [2.24, 2.45) is 0 Å². The first-order valence-electron chi connectivity index (χ1n) is 15.1. The number of carbonyl (C=O) groups excluding carboxylic acids is 1. The van der Waals surface area contributed by atoms with Gasteiger partial charge in [-0.3, -0.25) is 4.79 Å². The molecular weight excluding hydrogens is 662 g/mol. The van der Waals surface area contributed by atoms with Crippen molar-refractivity contribution < 1.29 is 104 Å². The molecule has 0 radical (unpaired) electrons. The van der Waals surface area contributed by atoms with Crippen LogP contribution in [0.2, 0.25) is 0 Å². The Labute approximate surface area is 272 Å². The summed E-state index contributed by atoms with van der Waals surface area (Å²) in [7, 11) is 0. The van der Waals surface area contributed by atoms with E-state index in [2.05, 4.69) is 5.32 Å². The standard InChI is InChI=1S/C26H45NO21/c1-6(31)27-11-14(35)21(47-26-18(39)16(37)20(46-26)7(32)2-28)10(43-23(11)41)5-42-24-19(40)22(13(34)9(4-30)44-24)48-25-17(38)15(36)12(33)8(3-29)45-25/h7-26,28-30,32-41H,2-5H2,1H3,(H,27,31)/t7-,8-,9-,10-,11-,12+,13+,14-,15+,16-,17-,18-,19-,20+,21-,22+,23?,24-,25+,26+/m1/s1. The zero-order valence-corrected chi connectivity index (χ0v) is 25.5. The molecule has 0 aromatic heterocycles. The van der Waals surface area contributed by atoms with Crippen LogP contribution in [0, 0.1) is 0 Å². The molecule has 0 aromatic rings. The molecule has 14 N–H and O–H groups in total. The van der Waals surface area contributed by atoms with Gasteiger partial charge in [0.15, 0.2) is 25.2 Å². The van der Waals surface area contributed by atoms with Crippen LogP contribution in [0.5, 0.6) is 0 Å². The molecule has 1 amide bonds. The van der Waals surface area contributed by atoms with Crippen LogP contribution in [0.25, 0.3) is 0 Å². The summed E-state index contributed by atoms with van der Waals surface area (Å²) in [4.78, 5) is 11.7. The molecule has 4 saturated heterocycles. The van der Waals surface area contributed by atoms with Crippen molar-refractivity contribution >= 4 is 5.91 Å². The number of rotatable bonds is 12. The Morgan fingerprint density at radius 1 is 0.646 bits per heavy atom. The van der Waals surface area contributed by atoms with E-state index in [1.807, 2.05) is 0 Å². The van der Waals surface area contributed by atoms with Crippen molar-refractivity contribution in [1.82, 2.24) is 5.32 Å². The van der Waals surface area contributed by atoms with Gasteiger partial charge in [-0.2, -0.15) is 0 Å². The average Bonchev–Trinajstić information content (AvgIpc) is 3.34. The minimum Gasteiger partial charge on any atom is -0.394 e. The minimum absolute atomic E-state index is 0.688. The predicted octanol–water partition coefficient (Wildman–Crippen LogP) is -9.61. The molecule has 0 spiro atoms. The Morgan fingerprint density at radius 2 is 1.21 bits per heavy atom. The van der Waals surface area contributed by atoms with E-state index in [-0.39, 0.29) is 0 Å². The van der Waals surface area contributed by atoms with Gasteiger partial charge in [-0.1, -0.05) is 0 Å². The maximum Gasteiger partial charge on any atom is 0.217 e. The first-order valence-corrected chi connectivity index (χ1v) is 15.1. The summed E-state index contributed by atoms with van der Waals surface area (Å²) in [5.41, 5.74) is 0. The summed E-state index contributed by atoms with van der Waals surface area (Å²) in [6.07, 6.45) is -32.9. The fourth-order valence-corrected chi connectivity index (χ4v) is 5.86. The van der Waals surface area contributed by atoms with Crippen LogP contribution < -0.4 is 5.32 Å². The number of hydrogen-bond donors (Lipinski definition) is 14. The molecule has 4 rings (SSSR count). The smallest absolute Gasteiger partial charge is 0.217 e. The van der Waals surface area contributed by atoms with Crippen molar-refractivity contribution in [2.45, 2.75) is 130 Å². The summed E-state index contributed by atoms with van der Waals surface area (Å²) in [5.74, 6) is -0.688. The Morgan fingerprint density at radius 3 is 1.81 bits per heavy atom. The number of ether oxygens (including phenoxy) is 7. The Kier molecular flexibility index (Phi) is 13.8. The molecule has 0 bridgehead atoms. The summed E-state index contributed by atoms with van der Waals surface area (Å²) in [6, 6.07) is -1.51. The number of aliphatic hydroxyl groups excluding tert-OH is 13. The van der Waals surface area contributed by atoms with Crippen molar-refractivity contribution in [3.05, 3.63) is 0 Å². The zero-order valence-electron chi connectivity index (χ0n) is 25.5. The average molecular weight is 708 g/mol. The maximum absolute atomic E-state index is 11.7. The van der Waals surface area contributed by atoms with Gasteiger partial charge < -0.3 is 105 Å². The van der Waals surface area contributed by atoms with Crippen molar-refractivity contribution in [3.8, 4) is 0 Å². The molecule has 4 fully saturated rings. The fraction of sp³-hybridized carbons (Fsp3) is 0.962. The third-order valence-electron chi connectivity index (χ3n) is 8.56. The predicted molar refractivity (Wildman–Crippen MR) is 145 cm³/mol. The molecule has 4 aliphatic heterocycles. The van der Waals surface area contributed by atoms with E-state index in [0.717, 1.165) is 6.92 Å². The quantitative estimate of drug-likeness (QED) is 0.0895. The van der Waals surface area contributed by atoms with Gasteiger partial charge in [-0.15, -0.1) is 0 Å². The Hall–Kier alpha value is -1.33. The molecule has 1 unspecified atom stereocenters. The van der Waals surface area contributed by atoms with E-state index in [4.69, 9.17) is 33.2 Å². The molecule has 0 saturated carbocycles. The number of aliphatic hydroxyl groups is 13. The van der Waals surface area contributed by atoms with Gasteiger partial charge in [0.05, 0.1) is 26.4 Å². The van der Waals surface area contributed by atoms with E-state index in [0.29, 0.717) is 0 Å². The summed E-state index contributed by atoms with van der Waals surface area (Å²) in [6.45, 7) is -2.16. The summed E-state index contributed by atoms with van der Waals surface area (Å²) < 4.78 is 38.4. The second-order valence-electron chi connectivity index (χ2n) is 11.9. The normalized spacial score (nSPS) is 49.1. The van der Waals surface area contributed by atoms with Gasteiger partial charge in [0, 0.05) is 6.92 Å². The lowest BCUT2D eigenvalue weighted by Gasteiger charge is -2.47. The number of carbonyl (C=O) groups is 1.